The van der Waals surface area contributed by atoms with Gasteiger partial charge in [0.25, 0.3) is 0 Å². The normalized spacial score (nSPS) is 28.1. The van der Waals surface area contributed by atoms with Gasteiger partial charge in [-0.25, -0.2) is 9.59 Å². The third-order valence-corrected chi connectivity index (χ3v) is 2.32. The molecule has 0 radical (unpaired) electrons. The standard InChI is InChI=1S/C7H10N4O4/c12-3(13)1-2-11-5-4(9-7(11)15)8-6(14)10-5/h4-5H,1-2H2,(H,9,15)(H,12,13)(H2,8,10,14)/t4-,5+/m1/s1. The van der Waals surface area contributed by atoms with E-state index in [0.29, 0.717) is 0 Å². The molecule has 4 amide bonds. The summed E-state index contributed by atoms with van der Waals surface area (Å²) in [6.45, 7) is 0.0737. The molecule has 0 saturated carbocycles. The fourth-order valence-electron chi connectivity index (χ4n) is 1.65. The lowest BCUT2D eigenvalue weighted by atomic mass is 10.3. The molecule has 4 N–H and O–H groups in total. The van der Waals surface area contributed by atoms with Crippen LogP contribution in [0.5, 0.6) is 0 Å². The molecule has 0 unspecified atom stereocenters. The van der Waals surface area contributed by atoms with E-state index in [1.807, 2.05) is 0 Å². The molecule has 0 aliphatic carbocycles. The van der Waals surface area contributed by atoms with E-state index in [9.17, 15) is 14.4 Å². The highest BCUT2D eigenvalue weighted by Gasteiger charge is 2.45. The maximum absolute atomic E-state index is 11.3. The first kappa shape index (κ1) is 9.56. The molecule has 82 valence electrons. The first-order valence-corrected chi connectivity index (χ1v) is 4.44. The largest absolute Gasteiger partial charge is 0.481 e. The van der Waals surface area contributed by atoms with Crippen molar-refractivity contribution in [2.75, 3.05) is 6.54 Å². The second-order valence-electron chi connectivity index (χ2n) is 3.33. The van der Waals surface area contributed by atoms with Gasteiger partial charge < -0.3 is 21.1 Å². The van der Waals surface area contributed by atoms with Crippen LogP contribution in [-0.2, 0) is 4.79 Å². The smallest absolute Gasteiger partial charge is 0.320 e. The minimum Gasteiger partial charge on any atom is -0.481 e. The molecule has 2 atom stereocenters. The highest BCUT2D eigenvalue weighted by atomic mass is 16.4. The average molecular weight is 214 g/mol. The van der Waals surface area contributed by atoms with Crippen LogP contribution in [0.25, 0.3) is 0 Å². The third kappa shape index (κ3) is 1.65. The predicted molar refractivity (Wildman–Crippen MR) is 46.7 cm³/mol. The first-order chi connectivity index (χ1) is 7.08. The molecule has 0 aromatic carbocycles. The van der Waals surface area contributed by atoms with Crippen LogP contribution in [0, 0.1) is 0 Å². The molecule has 2 saturated heterocycles. The van der Waals surface area contributed by atoms with Gasteiger partial charge in [-0.2, -0.15) is 0 Å². The van der Waals surface area contributed by atoms with Crippen molar-refractivity contribution >= 4 is 18.0 Å². The minimum absolute atomic E-state index is 0.0737. The maximum Gasteiger partial charge on any atom is 0.320 e. The van der Waals surface area contributed by atoms with Gasteiger partial charge in [-0.05, 0) is 0 Å². The number of carboxylic acids is 1. The number of nitrogens with zero attached hydrogens (tertiary/aromatic N) is 1. The molecule has 8 heteroatoms. The van der Waals surface area contributed by atoms with E-state index in [1.165, 1.54) is 4.90 Å². The number of carbonyl (C=O) groups is 3. The number of rotatable bonds is 3. The summed E-state index contributed by atoms with van der Waals surface area (Å²) in [5.74, 6) is -0.983. The van der Waals surface area contributed by atoms with Crippen LogP contribution in [0.1, 0.15) is 6.42 Å². The van der Waals surface area contributed by atoms with E-state index in [2.05, 4.69) is 16.0 Å². The lowest BCUT2D eigenvalue weighted by molar-refractivity contribution is -0.137. The van der Waals surface area contributed by atoms with Crippen molar-refractivity contribution in [1.82, 2.24) is 20.9 Å². The van der Waals surface area contributed by atoms with Gasteiger partial charge >= 0.3 is 18.0 Å². The highest BCUT2D eigenvalue weighted by Crippen LogP contribution is 2.13. The van der Waals surface area contributed by atoms with Crippen LogP contribution in [0.3, 0.4) is 0 Å². The average Bonchev–Trinajstić information content (AvgIpc) is 2.57. The van der Waals surface area contributed by atoms with Crippen molar-refractivity contribution in [3.8, 4) is 0 Å². The topological polar surface area (TPSA) is 111 Å². The Hall–Kier alpha value is -1.99. The second-order valence-corrected chi connectivity index (χ2v) is 3.33. The molecule has 2 aliphatic heterocycles. The van der Waals surface area contributed by atoms with Crippen molar-refractivity contribution in [2.45, 2.75) is 18.8 Å². The van der Waals surface area contributed by atoms with Gasteiger partial charge in [-0.3, -0.25) is 9.69 Å². The zero-order valence-corrected chi connectivity index (χ0v) is 7.69. The number of hydrogen-bond acceptors (Lipinski definition) is 3. The maximum atomic E-state index is 11.3. The molecule has 0 aromatic rings. The molecule has 0 aromatic heterocycles. The van der Waals surface area contributed by atoms with Gasteiger partial charge in [0, 0.05) is 6.54 Å². The Balaban J connectivity index is 2.00. The van der Waals surface area contributed by atoms with Gasteiger partial charge in [0.05, 0.1) is 6.42 Å². The first-order valence-electron chi connectivity index (χ1n) is 4.44. The van der Waals surface area contributed by atoms with E-state index >= 15 is 0 Å². The van der Waals surface area contributed by atoms with Crippen LogP contribution in [-0.4, -0.2) is 46.9 Å². The van der Waals surface area contributed by atoms with Crippen LogP contribution in [0.15, 0.2) is 0 Å². The zero-order valence-electron chi connectivity index (χ0n) is 7.69. The Bertz CT molecular complexity index is 331. The Labute approximate surface area is 84.6 Å². The lowest BCUT2D eigenvalue weighted by Crippen LogP contribution is -2.44. The quantitative estimate of drug-likeness (QED) is 0.455. The summed E-state index contributed by atoms with van der Waals surface area (Å²) in [5, 5.41) is 16.0. The Morgan fingerprint density at radius 1 is 1.33 bits per heavy atom. The summed E-state index contributed by atoms with van der Waals surface area (Å²) in [7, 11) is 0. The second kappa shape index (κ2) is 3.30. The minimum atomic E-state index is -0.983. The molecule has 15 heavy (non-hydrogen) atoms. The van der Waals surface area contributed by atoms with Crippen molar-refractivity contribution < 1.29 is 19.5 Å². The summed E-state index contributed by atoms with van der Waals surface area (Å²) in [5.41, 5.74) is 0. The van der Waals surface area contributed by atoms with Crippen molar-refractivity contribution in [1.29, 1.82) is 0 Å². The van der Waals surface area contributed by atoms with Crippen molar-refractivity contribution in [3.05, 3.63) is 0 Å². The van der Waals surface area contributed by atoms with E-state index in [0.717, 1.165) is 0 Å². The summed E-state index contributed by atoms with van der Waals surface area (Å²) in [6.07, 6.45) is -1.12. The molecule has 0 bridgehead atoms. The molecule has 8 nitrogen and oxygen atoms in total. The SMILES string of the molecule is O=C(O)CCN1C(=O)N[C@H]2NC(=O)N[C@H]21. The van der Waals surface area contributed by atoms with Gasteiger partial charge in [-0.15, -0.1) is 0 Å². The van der Waals surface area contributed by atoms with Crippen LogP contribution in [0.2, 0.25) is 0 Å². The zero-order chi connectivity index (χ0) is 11.0. The van der Waals surface area contributed by atoms with E-state index in [1.54, 1.807) is 0 Å². The number of carboxylic acid groups (broad SMARTS) is 1. The predicted octanol–water partition coefficient (Wildman–Crippen LogP) is -1.55. The number of urea groups is 2. The number of hydrogen-bond donors (Lipinski definition) is 4. The summed E-state index contributed by atoms with van der Waals surface area (Å²) < 4.78 is 0. The van der Waals surface area contributed by atoms with Crippen molar-refractivity contribution in [3.63, 3.8) is 0 Å². The Morgan fingerprint density at radius 2 is 2.07 bits per heavy atom. The number of amides is 4. The molecular formula is C7H10N4O4. The van der Waals surface area contributed by atoms with E-state index < -0.39 is 18.3 Å². The number of nitrogens with one attached hydrogen (secondary N) is 3. The van der Waals surface area contributed by atoms with Gasteiger partial charge in [0.2, 0.25) is 0 Å². The fourth-order valence-corrected chi connectivity index (χ4v) is 1.65. The summed E-state index contributed by atoms with van der Waals surface area (Å²) >= 11 is 0. The van der Waals surface area contributed by atoms with E-state index in [-0.39, 0.29) is 25.0 Å². The molecule has 2 fully saturated rings. The lowest BCUT2D eigenvalue weighted by Gasteiger charge is -2.19. The number of carbonyl (C=O) groups excluding carboxylic acids is 2. The Morgan fingerprint density at radius 3 is 2.73 bits per heavy atom. The number of aliphatic carboxylic acids is 1. The van der Waals surface area contributed by atoms with Crippen LogP contribution >= 0.6 is 0 Å². The monoisotopic (exact) mass is 214 g/mol. The third-order valence-electron chi connectivity index (χ3n) is 2.32. The van der Waals surface area contributed by atoms with Crippen molar-refractivity contribution in [2.24, 2.45) is 0 Å². The molecule has 2 aliphatic rings. The van der Waals surface area contributed by atoms with Gasteiger partial charge in [0.1, 0.15) is 12.3 Å². The highest BCUT2D eigenvalue weighted by molar-refractivity contribution is 5.85. The number of fused-ring (bicyclic) bond motifs is 1. The van der Waals surface area contributed by atoms with Gasteiger partial charge in [0.15, 0.2) is 0 Å². The Kier molecular flexibility index (Phi) is 2.10. The van der Waals surface area contributed by atoms with Crippen LogP contribution < -0.4 is 16.0 Å². The summed E-state index contributed by atoms with van der Waals surface area (Å²) in [6, 6.07) is -0.746. The van der Waals surface area contributed by atoms with Gasteiger partial charge in [-0.1, -0.05) is 0 Å². The molecule has 2 rings (SSSR count). The molecule has 0 spiro atoms. The van der Waals surface area contributed by atoms with E-state index in [4.69, 9.17) is 5.11 Å². The molecule has 2 heterocycles. The fraction of sp³-hybridized carbons (Fsp3) is 0.571. The van der Waals surface area contributed by atoms with Crippen LogP contribution in [0.4, 0.5) is 9.59 Å². The molecular weight excluding hydrogens is 204 g/mol. The summed E-state index contributed by atoms with van der Waals surface area (Å²) in [4.78, 5) is 33.9.